The Kier molecular flexibility index (Phi) is 5.54. The number of hydrogen-bond acceptors (Lipinski definition) is 4. The number of ether oxygens (including phenoxy) is 1. The molecule has 1 N–H and O–H groups in total. The van der Waals surface area contributed by atoms with Crippen molar-refractivity contribution in [1.29, 1.82) is 0 Å². The molecule has 3 aromatic rings. The molecule has 1 unspecified atom stereocenters. The molecule has 0 aliphatic rings. The minimum atomic E-state index is -3.69. The highest BCUT2D eigenvalue weighted by Crippen LogP contribution is 2.29. The van der Waals surface area contributed by atoms with Crippen LogP contribution in [0.4, 0.5) is 0 Å². The zero-order chi connectivity index (χ0) is 18.6. The van der Waals surface area contributed by atoms with Gasteiger partial charge in [-0.2, -0.15) is 0 Å². The summed E-state index contributed by atoms with van der Waals surface area (Å²) in [5, 5.41) is 0.550. The largest absolute Gasteiger partial charge is 0.494 e. The van der Waals surface area contributed by atoms with Crippen LogP contribution in [0.5, 0.6) is 5.75 Å². The van der Waals surface area contributed by atoms with Crippen LogP contribution in [0, 0.1) is 0 Å². The van der Waals surface area contributed by atoms with E-state index in [0.717, 1.165) is 5.56 Å². The van der Waals surface area contributed by atoms with Crippen LogP contribution >= 0.6 is 0 Å². The quantitative estimate of drug-likeness (QED) is 0.691. The first-order valence-corrected chi connectivity index (χ1v) is 10.0. The van der Waals surface area contributed by atoms with Crippen LogP contribution in [0.25, 0.3) is 10.9 Å². The molecular formula is C20H22N2O3S. The number of nitrogens with zero attached hydrogens (tertiary/aromatic N) is 1. The van der Waals surface area contributed by atoms with Gasteiger partial charge in [-0.3, -0.25) is 4.98 Å². The molecule has 2 aromatic carbocycles. The van der Waals surface area contributed by atoms with E-state index >= 15 is 0 Å². The summed E-state index contributed by atoms with van der Waals surface area (Å²) >= 11 is 0. The normalized spacial score (nSPS) is 12.8. The Morgan fingerprint density at radius 3 is 2.54 bits per heavy atom. The van der Waals surface area contributed by atoms with E-state index in [1.807, 2.05) is 37.3 Å². The summed E-state index contributed by atoms with van der Waals surface area (Å²) in [6.07, 6.45) is 2.96. The van der Waals surface area contributed by atoms with Crippen LogP contribution in [0.15, 0.2) is 65.7 Å². The number of hydrogen-bond donors (Lipinski definition) is 1. The van der Waals surface area contributed by atoms with Crippen LogP contribution in [0.1, 0.15) is 18.9 Å². The third-order valence-corrected chi connectivity index (χ3v) is 5.92. The minimum absolute atomic E-state index is 0.184. The van der Waals surface area contributed by atoms with Crippen molar-refractivity contribution in [3.05, 3.63) is 66.4 Å². The van der Waals surface area contributed by atoms with Gasteiger partial charge in [0.2, 0.25) is 10.0 Å². The molecule has 1 aromatic heterocycles. The molecule has 0 saturated heterocycles. The molecule has 0 radical (unpaired) electrons. The number of methoxy groups -OCH3 is 1. The van der Waals surface area contributed by atoms with Crippen molar-refractivity contribution >= 4 is 20.9 Å². The van der Waals surface area contributed by atoms with E-state index in [1.165, 1.54) is 0 Å². The Morgan fingerprint density at radius 1 is 1.08 bits per heavy atom. The van der Waals surface area contributed by atoms with Crippen molar-refractivity contribution in [2.45, 2.75) is 30.7 Å². The Balaban J connectivity index is 1.94. The van der Waals surface area contributed by atoms with Gasteiger partial charge in [-0.1, -0.05) is 37.3 Å². The lowest BCUT2D eigenvalue weighted by atomic mass is 10.1. The Bertz CT molecular complexity index is 988. The van der Waals surface area contributed by atoms with Gasteiger partial charge >= 0.3 is 0 Å². The smallest absolute Gasteiger partial charge is 0.241 e. The Labute approximate surface area is 154 Å². The van der Waals surface area contributed by atoms with Gasteiger partial charge in [-0.25, -0.2) is 13.1 Å². The lowest BCUT2D eigenvalue weighted by molar-refractivity contribution is 0.418. The highest BCUT2D eigenvalue weighted by Gasteiger charge is 2.23. The van der Waals surface area contributed by atoms with Gasteiger partial charge in [0, 0.05) is 17.6 Å². The van der Waals surface area contributed by atoms with Crippen LogP contribution in [0.2, 0.25) is 0 Å². The molecule has 0 saturated carbocycles. The van der Waals surface area contributed by atoms with Crippen LogP contribution in [-0.2, 0) is 16.4 Å². The number of nitrogens with one attached hydrogen (secondary N) is 1. The first kappa shape index (κ1) is 18.4. The van der Waals surface area contributed by atoms with E-state index in [0.29, 0.717) is 29.5 Å². The zero-order valence-electron chi connectivity index (χ0n) is 14.8. The molecule has 0 fully saturated rings. The third kappa shape index (κ3) is 3.86. The Morgan fingerprint density at radius 2 is 1.85 bits per heavy atom. The molecule has 3 rings (SSSR count). The maximum atomic E-state index is 13.0. The number of aromatic nitrogens is 1. The maximum Gasteiger partial charge on any atom is 0.241 e. The molecule has 136 valence electrons. The molecular weight excluding hydrogens is 348 g/mol. The van der Waals surface area contributed by atoms with E-state index in [4.69, 9.17) is 4.74 Å². The lowest BCUT2D eigenvalue weighted by Gasteiger charge is -2.18. The zero-order valence-corrected chi connectivity index (χ0v) is 15.7. The van der Waals surface area contributed by atoms with Gasteiger partial charge in [0.15, 0.2) is 0 Å². The molecule has 0 aliphatic carbocycles. The summed E-state index contributed by atoms with van der Waals surface area (Å²) in [5.41, 5.74) is 1.64. The predicted molar refractivity (Wildman–Crippen MR) is 103 cm³/mol. The summed E-state index contributed by atoms with van der Waals surface area (Å²) in [7, 11) is -2.14. The lowest BCUT2D eigenvalue weighted by Crippen LogP contribution is -2.36. The second-order valence-corrected chi connectivity index (χ2v) is 7.76. The van der Waals surface area contributed by atoms with E-state index in [2.05, 4.69) is 9.71 Å². The van der Waals surface area contributed by atoms with Gasteiger partial charge in [0.25, 0.3) is 0 Å². The fourth-order valence-electron chi connectivity index (χ4n) is 2.97. The van der Waals surface area contributed by atoms with Crippen molar-refractivity contribution in [3.63, 3.8) is 0 Å². The van der Waals surface area contributed by atoms with Crippen LogP contribution in [-0.4, -0.2) is 26.6 Å². The van der Waals surface area contributed by atoms with Crippen LogP contribution < -0.4 is 9.46 Å². The van der Waals surface area contributed by atoms with Gasteiger partial charge in [-0.15, -0.1) is 0 Å². The average Bonchev–Trinajstić information content (AvgIpc) is 2.67. The first-order valence-electron chi connectivity index (χ1n) is 8.53. The monoisotopic (exact) mass is 370 g/mol. The minimum Gasteiger partial charge on any atom is -0.494 e. The van der Waals surface area contributed by atoms with E-state index in [-0.39, 0.29) is 10.9 Å². The third-order valence-electron chi connectivity index (χ3n) is 4.34. The highest BCUT2D eigenvalue weighted by molar-refractivity contribution is 7.89. The number of sulfonamides is 1. The van der Waals surface area contributed by atoms with Crippen LogP contribution in [0.3, 0.4) is 0 Å². The molecule has 0 amide bonds. The number of pyridine rings is 1. The fraction of sp³-hybridized carbons (Fsp3) is 0.250. The van der Waals surface area contributed by atoms with Gasteiger partial charge < -0.3 is 4.74 Å². The molecule has 1 atom stereocenters. The summed E-state index contributed by atoms with van der Waals surface area (Å²) in [5.74, 6) is 0.552. The van der Waals surface area contributed by atoms with E-state index in [9.17, 15) is 8.42 Å². The second kappa shape index (κ2) is 7.85. The topological polar surface area (TPSA) is 68.3 Å². The summed E-state index contributed by atoms with van der Waals surface area (Å²) in [6, 6.07) is 16.4. The van der Waals surface area contributed by atoms with Gasteiger partial charge in [0.1, 0.15) is 11.3 Å². The molecule has 5 nitrogen and oxygen atoms in total. The first-order chi connectivity index (χ1) is 12.5. The summed E-state index contributed by atoms with van der Waals surface area (Å²) < 4.78 is 34.2. The number of fused-ring (bicyclic) bond motifs is 1. The van der Waals surface area contributed by atoms with Gasteiger partial charge in [-0.05, 0) is 42.7 Å². The van der Waals surface area contributed by atoms with E-state index < -0.39 is 10.0 Å². The SMILES string of the molecule is CCC(Cc1ccccc1)NS(=O)(=O)c1ccc(OC)c2ncccc12. The van der Waals surface area contributed by atoms with E-state index in [1.54, 1.807) is 37.6 Å². The van der Waals surface area contributed by atoms with Gasteiger partial charge in [0.05, 0.1) is 12.0 Å². The standard InChI is InChI=1S/C20H22N2O3S/c1-3-16(14-15-8-5-4-6-9-15)22-26(23,24)19-12-11-18(25-2)20-17(19)10-7-13-21-20/h4-13,16,22H,3,14H2,1-2H3. The molecule has 6 heteroatoms. The van der Waals surface area contributed by atoms with Crippen molar-refractivity contribution in [1.82, 2.24) is 9.71 Å². The van der Waals surface area contributed by atoms with Crippen molar-refractivity contribution in [2.75, 3.05) is 7.11 Å². The molecule has 0 spiro atoms. The fourth-order valence-corrected chi connectivity index (χ4v) is 4.49. The Hall–Kier alpha value is -2.44. The molecule has 0 bridgehead atoms. The maximum absolute atomic E-state index is 13.0. The summed E-state index contributed by atoms with van der Waals surface area (Å²) in [6.45, 7) is 1.98. The van der Waals surface area contributed by atoms with Crippen molar-refractivity contribution < 1.29 is 13.2 Å². The number of benzene rings is 2. The predicted octanol–water partition coefficient (Wildman–Crippen LogP) is 3.54. The molecule has 1 heterocycles. The van der Waals surface area contributed by atoms with Crippen molar-refractivity contribution in [2.24, 2.45) is 0 Å². The highest BCUT2D eigenvalue weighted by atomic mass is 32.2. The summed E-state index contributed by atoms with van der Waals surface area (Å²) in [4.78, 5) is 4.49. The molecule has 0 aliphatic heterocycles. The van der Waals surface area contributed by atoms with Crippen molar-refractivity contribution in [3.8, 4) is 5.75 Å². The second-order valence-electron chi connectivity index (χ2n) is 6.08. The average molecular weight is 370 g/mol. The number of rotatable bonds is 7. The molecule has 26 heavy (non-hydrogen) atoms.